The number of aromatic nitrogens is 2. The Kier molecular flexibility index (Phi) is 5.51. The van der Waals surface area contributed by atoms with Crippen LogP contribution in [0.25, 0.3) is 5.65 Å². The molecule has 0 spiro atoms. The predicted molar refractivity (Wildman–Crippen MR) is 95.8 cm³/mol. The zero-order valence-corrected chi connectivity index (χ0v) is 15.1. The summed E-state index contributed by atoms with van der Waals surface area (Å²) >= 11 is 0. The van der Waals surface area contributed by atoms with Crippen molar-refractivity contribution >= 4 is 11.4 Å². The van der Waals surface area contributed by atoms with Crippen LogP contribution in [-0.2, 0) is 6.61 Å². The predicted octanol–water partition coefficient (Wildman–Crippen LogP) is 3.70. The van der Waals surface area contributed by atoms with Crippen molar-refractivity contribution in [2.24, 2.45) is 5.92 Å². The number of benzene rings is 1. The molecule has 0 radical (unpaired) electrons. The number of carbonyl (C=O) groups excluding carboxylic acids is 1. The zero-order chi connectivity index (χ0) is 19.6. The molecule has 27 heavy (non-hydrogen) atoms. The van der Waals surface area contributed by atoms with Crippen molar-refractivity contribution in [3.8, 4) is 5.75 Å². The van der Waals surface area contributed by atoms with E-state index in [0.29, 0.717) is 22.8 Å². The smallest absolute Gasteiger partial charge is 0.181 e. The van der Waals surface area contributed by atoms with Crippen LogP contribution in [0.15, 0.2) is 36.5 Å². The number of rotatable bonds is 7. The van der Waals surface area contributed by atoms with Crippen LogP contribution in [0.4, 0.5) is 8.78 Å². The Morgan fingerprint density at radius 3 is 2.63 bits per heavy atom. The topological polar surface area (TPSA) is 63.8 Å². The highest BCUT2D eigenvalue weighted by Gasteiger charge is 2.20. The second kappa shape index (κ2) is 7.84. The fourth-order valence-electron chi connectivity index (χ4n) is 2.90. The van der Waals surface area contributed by atoms with Crippen LogP contribution in [0.2, 0.25) is 0 Å². The first-order valence-corrected chi connectivity index (χ1v) is 8.59. The highest BCUT2D eigenvalue weighted by molar-refractivity contribution is 5.96. The Morgan fingerprint density at radius 1 is 1.26 bits per heavy atom. The molecule has 0 fully saturated rings. The first-order valence-electron chi connectivity index (χ1n) is 8.59. The molecule has 0 aliphatic heterocycles. The summed E-state index contributed by atoms with van der Waals surface area (Å²) in [6.07, 6.45) is 1.87. The summed E-state index contributed by atoms with van der Waals surface area (Å²) in [5.74, 6) is -1.35. The molecular weight excluding hydrogens is 354 g/mol. The van der Waals surface area contributed by atoms with Crippen molar-refractivity contribution in [2.75, 3.05) is 6.61 Å². The van der Waals surface area contributed by atoms with Crippen molar-refractivity contribution in [1.82, 2.24) is 9.38 Å². The number of halogens is 2. The van der Waals surface area contributed by atoms with E-state index in [1.165, 1.54) is 18.2 Å². The lowest BCUT2D eigenvalue weighted by Crippen LogP contribution is -2.12. The maximum atomic E-state index is 13.8. The molecule has 0 saturated carbocycles. The van der Waals surface area contributed by atoms with Gasteiger partial charge in [-0.05, 0) is 37.1 Å². The highest BCUT2D eigenvalue weighted by atomic mass is 19.1. The van der Waals surface area contributed by atoms with Gasteiger partial charge in [-0.3, -0.25) is 9.20 Å². The van der Waals surface area contributed by atoms with E-state index in [1.807, 2.05) is 0 Å². The van der Waals surface area contributed by atoms with E-state index < -0.39 is 11.6 Å². The van der Waals surface area contributed by atoms with Crippen LogP contribution >= 0.6 is 0 Å². The molecule has 0 saturated heterocycles. The van der Waals surface area contributed by atoms with Crippen LogP contribution in [0.5, 0.6) is 5.75 Å². The molecule has 3 rings (SSSR count). The number of pyridine rings is 1. The van der Waals surface area contributed by atoms with Gasteiger partial charge in [-0.15, -0.1) is 0 Å². The van der Waals surface area contributed by atoms with Crippen molar-refractivity contribution < 1.29 is 23.4 Å². The van der Waals surface area contributed by atoms with E-state index in [4.69, 9.17) is 4.74 Å². The molecule has 0 aliphatic rings. The summed E-state index contributed by atoms with van der Waals surface area (Å²) in [6, 6.07) is 6.93. The van der Waals surface area contributed by atoms with Gasteiger partial charge in [0.05, 0.1) is 11.3 Å². The Hall–Kier alpha value is -2.80. The van der Waals surface area contributed by atoms with E-state index in [9.17, 15) is 18.7 Å². The normalized spacial score (nSPS) is 12.3. The molecule has 1 atom stereocenters. The minimum Gasteiger partial charge on any atom is -0.485 e. The SMILES string of the molecule is Cc1nc2c(OCc3c(F)cccc3F)cccn2c1C(=O)C[C@@H](C)CO. The molecule has 0 bridgehead atoms. The number of imidazole rings is 1. The quantitative estimate of drug-likeness (QED) is 0.641. The number of fused-ring (bicyclic) bond motifs is 1. The van der Waals surface area contributed by atoms with Crippen LogP contribution in [-0.4, -0.2) is 26.9 Å². The van der Waals surface area contributed by atoms with Crippen molar-refractivity contribution in [3.63, 3.8) is 0 Å². The Morgan fingerprint density at radius 2 is 1.96 bits per heavy atom. The fraction of sp³-hybridized carbons (Fsp3) is 0.300. The average Bonchev–Trinajstić information content (AvgIpc) is 2.97. The molecule has 5 nitrogen and oxygen atoms in total. The second-order valence-electron chi connectivity index (χ2n) is 6.52. The lowest BCUT2D eigenvalue weighted by molar-refractivity contribution is 0.0937. The molecule has 0 amide bonds. The fourth-order valence-corrected chi connectivity index (χ4v) is 2.90. The molecule has 142 valence electrons. The van der Waals surface area contributed by atoms with Gasteiger partial charge in [0, 0.05) is 19.2 Å². The van der Waals surface area contributed by atoms with E-state index in [1.54, 1.807) is 36.6 Å². The number of nitrogens with zero attached hydrogens (tertiary/aromatic N) is 2. The number of ketones is 1. The number of aryl methyl sites for hydroxylation is 1. The maximum Gasteiger partial charge on any atom is 0.181 e. The molecule has 1 N–H and O–H groups in total. The summed E-state index contributed by atoms with van der Waals surface area (Å²) in [7, 11) is 0. The monoisotopic (exact) mass is 374 g/mol. The van der Waals surface area contributed by atoms with Crippen LogP contribution in [0.1, 0.15) is 35.1 Å². The number of aliphatic hydroxyl groups is 1. The van der Waals surface area contributed by atoms with Gasteiger partial charge in [0.1, 0.15) is 23.9 Å². The summed E-state index contributed by atoms with van der Waals surface area (Å²) in [6.45, 7) is 3.12. The number of hydrogen-bond acceptors (Lipinski definition) is 4. The van der Waals surface area contributed by atoms with Gasteiger partial charge in [-0.25, -0.2) is 13.8 Å². The lowest BCUT2D eigenvalue weighted by Gasteiger charge is -2.10. The molecule has 2 heterocycles. The Balaban J connectivity index is 1.92. The number of carbonyl (C=O) groups is 1. The number of aliphatic hydroxyl groups excluding tert-OH is 1. The average molecular weight is 374 g/mol. The molecule has 0 aliphatic carbocycles. The first kappa shape index (κ1) is 19.0. The van der Waals surface area contributed by atoms with E-state index in [2.05, 4.69) is 4.98 Å². The standard InChI is InChI=1S/C20H20F2N2O3/c1-12(10-25)9-17(26)19-13(2)23-20-18(7-4-8-24(19)20)27-11-14-15(21)5-3-6-16(14)22/h3-8,12,25H,9-11H2,1-2H3/t12-/m1/s1. The zero-order valence-electron chi connectivity index (χ0n) is 15.1. The third-order valence-corrected chi connectivity index (χ3v) is 4.33. The Bertz CT molecular complexity index is 965. The number of ether oxygens (including phenoxy) is 1. The van der Waals surface area contributed by atoms with Gasteiger partial charge in [-0.1, -0.05) is 13.0 Å². The maximum absolute atomic E-state index is 13.8. The molecule has 7 heteroatoms. The van der Waals surface area contributed by atoms with Crippen molar-refractivity contribution in [3.05, 3.63) is 65.1 Å². The number of Topliss-reactive ketones (excluding diaryl/α,β-unsaturated/α-hetero) is 1. The van der Waals surface area contributed by atoms with Gasteiger partial charge >= 0.3 is 0 Å². The van der Waals surface area contributed by atoms with E-state index in [0.717, 1.165) is 0 Å². The molecule has 0 unspecified atom stereocenters. The van der Waals surface area contributed by atoms with Gasteiger partial charge in [-0.2, -0.15) is 0 Å². The third kappa shape index (κ3) is 3.83. The van der Waals surface area contributed by atoms with Gasteiger partial charge in [0.25, 0.3) is 0 Å². The van der Waals surface area contributed by atoms with Crippen molar-refractivity contribution in [2.45, 2.75) is 26.9 Å². The van der Waals surface area contributed by atoms with Gasteiger partial charge in [0.2, 0.25) is 0 Å². The van der Waals surface area contributed by atoms with Crippen LogP contribution < -0.4 is 4.74 Å². The summed E-state index contributed by atoms with van der Waals surface area (Å²) in [5, 5.41) is 9.17. The largest absolute Gasteiger partial charge is 0.485 e. The Labute approximate surface area is 155 Å². The van der Waals surface area contributed by atoms with Crippen LogP contribution in [0, 0.1) is 24.5 Å². The molecule has 1 aromatic carbocycles. The first-order chi connectivity index (χ1) is 12.9. The minimum absolute atomic E-state index is 0.0793. The lowest BCUT2D eigenvalue weighted by atomic mass is 10.0. The van der Waals surface area contributed by atoms with Crippen molar-refractivity contribution in [1.29, 1.82) is 0 Å². The highest BCUT2D eigenvalue weighted by Crippen LogP contribution is 2.25. The third-order valence-electron chi connectivity index (χ3n) is 4.33. The van der Waals surface area contributed by atoms with Gasteiger partial charge < -0.3 is 9.84 Å². The van der Waals surface area contributed by atoms with E-state index in [-0.39, 0.29) is 36.9 Å². The molecular formula is C20H20F2N2O3. The summed E-state index contributed by atoms with van der Waals surface area (Å²) < 4.78 is 34.8. The molecule has 2 aromatic heterocycles. The van der Waals surface area contributed by atoms with Gasteiger partial charge in [0.15, 0.2) is 17.2 Å². The van der Waals surface area contributed by atoms with E-state index >= 15 is 0 Å². The molecule has 3 aromatic rings. The summed E-state index contributed by atoms with van der Waals surface area (Å²) in [5.41, 5.74) is 1.16. The minimum atomic E-state index is -0.685. The number of hydrogen-bond donors (Lipinski definition) is 1. The second-order valence-corrected chi connectivity index (χ2v) is 6.52. The van der Waals surface area contributed by atoms with Crippen LogP contribution in [0.3, 0.4) is 0 Å². The summed E-state index contributed by atoms with van der Waals surface area (Å²) in [4.78, 5) is 17.0.